The van der Waals surface area contributed by atoms with Crippen LogP contribution in [0.5, 0.6) is 0 Å². The third-order valence-electron chi connectivity index (χ3n) is 2.93. The zero-order valence-corrected chi connectivity index (χ0v) is 12.4. The van der Waals surface area contributed by atoms with E-state index in [2.05, 4.69) is 6.08 Å². The predicted octanol–water partition coefficient (Wildman–Crippen LogP) is 2.88. The zero-order chi connectivity index (χ0) is 14.5. The van der Waals surface area contributed by atoms with Crippen LogP contribution < -0.4 is 0 Å². The number of aliphatic hydroxyl groups excluding tert-OH is 1. The molecule has 0 bridgehead atoms. The van der Waals surface area contributed by atoms with Gasteiger partial charge in [-0.25, -0.2) is 4.79 Å². The van der Waals surface area contributed by atoms with Crippen LogP contribution in [0.1, 0.15) is 40.5 Å². The highest BCUT2D eigenvalue weighted by Gasteiger charge is 2.24. The Labute approximate surface area is 115 Å². The number of hydrogen-bond acceptors (Lipinski definition) is 3. The number of aliphatic hydroxyl groups is 1. The van der Waals surface area contributed by atoms with E-state index in [1.165, 1.54) is 11.1 Å². The van der Waals surface area contributed by atoms with Crippen molar-refractivity contribution in [3.63, 3.8) is 0 Å². The summed E-state index contributed by atoms with van der Waals surface area (Å²) in [6, 6.07) is 0. The molecule has 4 nitrogen and oxygen atoms in total. The van der Waals surface area contributed by atoms with Crippen LogP contribution in [0.25, 0.3) is 0 Å². The smallest absolute Gasteiger partial charge is 0.410 e. The molecule has 0 radical (unpaired) electrons. The highest BCUT2D eigenvalue weighted by atomic mass is 16.6. The van der Waals surface area contributed by atoms with Crippen LogP contribution in [0, 0.1) is 0 Å². The maximum absolute atomic E-state index is 11.9. The monoisotopic (exact) mass is 267 g/mol. The van der Waals surface area contributed by atoms with E-state index >= 15 is 0 Å². The second kappa shape index (κ2) is 6.75. The Morgan fingerprint density at radius 2 is 2.21 bits per heavy atom. The first-order chi connectivity index (χ1) is 8.81. The standard InChI is InChI=1S/C15H25NO3/c1-12(8-10-17)5-6-13-7-9-16(11-13)14(18)19-15(2,3)4/h7-8,17H,5-6,9-11H2,1-4H3/b12-8+. The number of hydrogen-bond donors (Lipinski definition) is 1. The van der Waals surface area contributed by atoms with Crippen LogP contribution in [-0.2, 0) is 4.74 Å². The normalized spacial score (nSPS) is 16.6. The molecule has 1 aliphatic heterocycles. The molecule has 1 N–H and O–H groups in total. The molecule has 1 rings (SSSR count). The fraction of sp³-hybridized carbons (Fsp3) is 0.667. The SMILES string of the molecule is C/C(=C\CO)CCC1=CCN(C(=O)OC(C)(C)C)C1. The Balaban J connectivity index is 2.37. The van der Waals surface area contributed by atoms with Gasteiger partial charge in [-0.3, -0.25) is 0 Å². The largest absolute Gasteiger partial charge is 0.444 e. The van der Waals surface area contributed by atoms with Crippen molar-refractivity contribution in [2.45, 2.75) is 46.1 Å². The summed E-state index contributed by atoms with van der Waals surface area (Å²) in [7, 11) is 0. The fourth-order valence-electron chi connectivity index (χ4n) is 1.88. The molecule has 0 aromatic heterocycles. The van der Waals surface area contributed by atoms with E-state index in [0.29, 0.717) is 13.1 Å². The number of allylic oxidation sites excluding steroid dienone is 1. The third-order valence-corrected chi connectivity index (χ3v) is 2.93. The predicted molar refractivity (Wildman–Crippen MR) is 76.0 cm³/mol. The molecule has 0 aromatic rings. The van der Waals surface area contributed by atoms with Gasteiger partial charge < -0.3 is 14.7 Å². The van der Waals surface area contributed by atoms with Crippen molar-refractivity contribution in [2.75, 3.05) is 19.7 Å². The Morgan fingerprint density at radius 1 is 1.53 bits per heavy atom. The van der Waals surface area contributed by atoms with Gasteiger partial charge in [-0.2, -0.15) is 0 Å². The minimum Gasteiger partial charge on any atom is -0.444 e. The van der Waals surface area contributed by atoms with Gasteiger partial charge in [-0.1, -0.05) is 23.3 Å². The highest BCUT2D eigenvalue weighted by Crippen LogP contribution is 2.19. The van der Waals surface area contributed by atoms with Crippen molar-refractivity contribution < 1.29 is 14.6 Å². The highest BCUT2D eigenvalue weighted by molar-refractivity contribution is 5.69. The Hall–Kier alpha value is -1.29. The average molecular weight is 267 g/mol. The Kier molecular flexibility index (Phi) is 5.60. The summed E-state index contributed by atoms with van der Waals surface area (Å²) in [5, 5.41) is 8.79. The molecule has 1 aliphatic rings. The summed E-state index contributed by atoms with van der Waals surface area (Å²) in [6.45, 7) is 9.01. The Bertz CT molecular complexity index is 377. The van der Waals surface area contributed by atoms with E-state index in [1.54, 1.807) is 4.90 Å². The molecular formula is C15H25NO3. The van der Waals surface area contributed by atoms with E-state index in [9.17, 15) is 4.79 Å². The van der Waals surface area contributed by atoms with Gasteiger partial charge in [0, 0.05) is 13.1 Å². The summed E-state index contributed by atoms with van der Waals surface area (Å²) in [5.74, 6) is 0. The lowest BCUT2D eigenvalue weighted by Crippen LogP contribution is -2.35. The molecule has 108 valence electrons. The number of carbonyl (C=O) groups is 1. The van der Waals surface area contributed by atoms with Gasteiger partial charge in [0.1, 0.15) is 5.60 Å². The molecule has 0 saturated carbocycles. The van der Waals surface area contributed by atoms with Crippen molar-refractivity contribution in [1.82, 2.24) is 4.90 Å². The molecule has 1 heterocycles. The lowest BCUT2D eigenvalue weighted by molar-refractivity contribution is 0.0301. The van der Waals surface area contributed by atoms with Gasteiger partial charge in [-0.05, 0) is 40.5 Å². The first-order valence-corrected chi connectivity index (χ1v) is 6.74. The molecule has 0 aromatic carbocycles. The van der Waals surface area contributed by atoms with Gasteiger partial charge in [0.05, 0.1) is 6.61 Å². The number of rotatable bonds is 4. The number of ether oxygens (including phenoxy) is 1. The number of amides is 1. The van der Waals surface area contributed by atoms with Crippen molar-refractivity contribution >= 4 is 6.09 Å². The van der Waals surface area contributed by atoms with Crippen LogP contribution in [0.3, 0.4) is 0 Å². The minimum atomic E-state index is -0.444. The Morgan fingerprint density at radius 3 is 2.79 bits per heavy atom. The number of nitrogens with zero attached hydrogens (tertiary/aromatic N) is 1. The lowest BCUT2D eigenvalue weighted by atomic mass is 10.1. The van der Waals surface area contributed by atoms with Gasteiger partial charge in [0.15, 0.2) is 0 Å². The van der Waals surface area contributed by atoms with E-state index in [-0.39, 0.29) is 12.7 Å². The van der Waals surface area contributed by atoms with Gasteiger partial charge in [0.2, 0.25) is 0 Å². The van der Waals surface area contributed by atoms with Crippen LogP contribution in [0.2, 0.25) is 0 Å². The molecule has 0 atom stereocenters. The maximum atomic E-state index is 11.9. The van der Waals surface area contributed by atoms with Crippen molar-refractivity contribution in [1.29, 1.82) is 0 Å². The zero-order valence-electron chi connectivity index (χ0n) is 12.4. The fourth-order valence-corrected chi connectivity index (χ4v) is 1.88. The van der Waals surface area contributed by atoms with Crippen molar-refractivity contribution in [3.8, 4) is 0 Å². The first kappa shape index (κ1) is 15.8. The number of carbonyl (C=O) groups excluding carboxylic acids is 1. The first-order valence-electron chi connectivity index (χ1n) is 6.74. The van der Waals surface area contributed by atoms with Gasteiger partial charge >= 0.3 is 6.09 Å². The van der Waals surface area contributed by atoms with E-state index < -0.39 is 5.60 Å². The van der Waals surface area contributed by atoms with Crippen molar-refractivity contribution in [3.05, 3.63) is 23.3 Å². The van der Waals surface area contributed by atoms with Gasteiger partial charge in [0.25, 0.3) is 0 Å². The summed E-state index contributed by atoms with van der Waals surface area (Å²) >= 11 is 0. The molecule has 0 aliphatic carbocycles. The van der Waals surface area contributed by atoms with Crippen molar-refractivity contribution in [2.24, 2.45) is 0 Å². The molecule has 0 unspecified atom stereocenters. The lowest BCUT2D eigenvalue weighted by Gasteiger charge is -2.24. The van der Waals surface area contributed by atoms with E-state index in [4.69, 9.17) is 9.84 Å². The summed E-state index contributed by atoms with van der Waals surface area (Å²) in [6.07, 6.45) is 5.52. The topological polar surface area (TPSA) is 49.8 Å². The van der Waals surface area contributed by atoms with Crippen LogP contribution in [0.4, 0.5) is 4.79 Å². The van der Waals surface area contributed by atoms with Crippen LogP contribution in [0.15, 0.2) is 23.3 Å². The van der Waals surface area contributed by atoms with Crippen LogP contribution in [-0.4, -0.2) is 41.4 Å². The maximum Gasteiger partial charge on any atom is 0.410 e. The third kappa shape index (κ3) is 5.92. The molecule has 0 saturated heterocycles. The van der Waals surface area contributed by atoms with Gasteiger partial charge in [-0.15, -0.1) is 0 Å². The average Bonchev–Trinajstić information content (AvgIpc) is 2.73. The van der Waals surface area contributed by atoms with E-state index in [0.717, 1.165) is 12.8 Å². The summed E-state index contributed by atoms with van der Waals surface area (Å²) in [4.78, 5) is 13.6. The molecule has 1 amide bonds. The molecule has 4 heteroatoms. The molecule has 0 spiro atoms. The second-order valence-electron chi connectivity index (χ2n) is 5.96. The summed E-state index contributed by atoms with van der Waals surface area (Å²) in [5.41, 5.74) is 2.00. The molecular weight excluding hydrogens is 242 g/mol. The summed E-state index contributed by atoms with van der Waals surface area (Å²) < 4.78 is 5.34. The minimum absolute atomic E-state index is 0.0922. The second-order valence-corrected chi connectivity index (χ2v) is 5.96. The molecule has 0 fully saturated rings. The van der Waals surface area contributed by atoms with Crippen LogP contribution >= 0.6 is 0 Å². The van der Waals surface area contributed by atoms with E-state index in [1.807, 2.05) is 33.8 Å². The quantitative estimate of drug-likeness (QED) is 0.797. The molecule has 19 heavy (non-hydrogen) atoms.